The molecule has 1 aromatic rings. The van der Waals surface area contributed by atoms with Gasteiger partial charge in [-0.3, -0.25) is 0 Å². The fraction of sp³-hybridized carbons (Fsp3) is 0.385. The Balaban J connectivity index is 2.15. The van der Waals surface area contributed by atoms with Gasteiger partial charge in [0, 0.05) is 6.61 Å². The normalized spacial score (nSPS) is 10.9. The third kappa shape index (κ3) is 4.83. The van der Waals surface area contributed by atoms with Gasteiger partial charge in [-0.2, -0.15) is 0 Å². The molecular weight excluding hydrogens is 172 g/mol. The van der Waals surface area contributed by atoms with E-state index < -0.39 is 0 Å². The van der Waals surface area contributed by atoms with E-state index in [1.807, 2.05) is 18.2 Å². The first kappa shape index (κ1) is 11.0. The molecule has 1 N–H and O–H groups in total. The average molecular weight is 190 g/mol. The highest BCUT2D eigenvalue weighted by molar-refractivity contribution is 5.48. The van der Waals surface area contributed by atoms with Crippen LogP contribution in [0.3, 0.4) is 0 Å². The lowest BCUT2D eigenvalue weighted by atomic mass is 10.1. The van der Waals surface area contributed by atoms with Crippen LogP contribution in [0.4, 0.5) is 0 Å². The van der Waals surface area contributed by atoms with Crippen LogP contribution in [0.5, 0.6) is 0 Å². The van der Waals surface area contributed by atoms with E-state index in [-0.39, 0.29) is 0 Å². The summed E-state index contributed by atoms with van der Waals surface area (Å²) in [7, 11) is 0. The summed E-state index contributed by atoms with van der Waals surface area (Å²) in [5.41, 5.74) is 1.26. The van der Waals surface area contributed by atoms with Gasteiger partial charge in [0.25, 0.3) is 0 Å². The summed E-state index contributed by atoms with van der Waals surface area (Å²) in [6.07, 6.45) is 8.68. The second kappa shape index (κ2) is 7.34. The number of aliphatic hydroxyl groups excluding tert-OH is 1. The second-order valence-electron chi connectivity index (χ2n) is 3.39. The van der Waals surface area contributed by atoms with E-state index in [2.05, 4.69) is 24.3 Å². The van der Waals surface area contributed by atoms with Crippen molar-refractivity contribution in [3.63, 3.8) is 0 Å². The molecule has 0 aliphatic heterocycles. The zero-order valence-electron chi connectivity index (χ0n) is 8.52. The number of benzene rings is 1. The fourth-order valence-electron chi connectivity index (χ4n) is 1.33. The number of allylic oxidation sites excluding steroid dienone is 1. The summed E-state index contributed by atoms with van der Waals surface area (Å²) in [6, 6.07) is 10.3. The smallest absolute Gasteiger partial charge is 0.0431 e. The predicted octanol–water partition coefficient (Wildman–Crippen LogP) is 3.25. The minimum atomic E-state index is 0.322. The maximum absolute atomic E-state index is 8.58. The third-order valence-electron chi connectivity index (χ3n) is 2.14. The molecule has 0 spiro atoms. The van der Waals surface area contributed by atoms with Crippen LogP contribution < -0.4 is 0 Å². The zero-order valence-corrected chi connectivity index (χ0v) is 8.52. The molecule has 0 saturated heterocycles. The van der Waals surface area contributed by atoms with Crippen molar-refractivity contribution in [3.05, 3.63) is 42.0 Å². The molecule has 1 nitrogen and oxygen atoms in total. The van der Waals surface area contributed by atoms with Gasteiger partial charge in [0.15, 0.2) is 0 Å². The van der Waals surface area contributed by atoms with Crippen molar-refractivity contribution in [2.45, 2.75) is 25.7 Å². The van der Waals surface area contributed by atoms with Crippen molar-refractivity contribution in [2.75, 3.05) is 6.61 Å². The maximum atomic E-state index is 8.58. The lowest BCUT2D eigenvalue weighted by Crippen LogP contribution is -1.81. The van der Waals surface area contributed by atoms with Crippen LogP contribution in [0.2, 0.25) is 0 Å². The minimum Gasteiger partial charge on any atom is -0.396 e. The van der Waals surface area contributed by atoms with E-state index >= 15 is 0 Å². The summed E-state index contributed by atoms with van der Waals surface area (Å²) in [5, 5.41) is 8.58. The first-order chi connectivity index (χ1) is 6.93. The highest BCUT2D eigenvalue weighted by Gasteiger charge is 1.85. The molecule has 0 heterocycles. The molecular formula is C13H18O. The number of unbranched alkanes of at least 4 members (excludes halogenated alkanes) is 3. The SMILES string of the molecule is OCCCCC/C=C/c1ccccc1. The van der Waals surface area contributed by atoms with Gasteiger partial charge >= 0.3 is 0 Å². The Bertz CT molecular complexity index is 251. The molecule has 0 amide bonds. The van der Waals surface area contributed by atoms with E-state index in [0.717, 1.165) is 19.3 Å². The van der Waals surface area contributed by atoms with Gasteiger partial charge in [0.1, 0.15) is 0 Å². The number of hydrogen-bond donors (Lipinski definition) is 1. The van der Waals surface area contributed by atoms with Crippen molar-refractivity contribution >= 4 is 6.08 Å². The molecule has 1 heteroatoms. The van der Waals surface area contributed by atoms with Crippen LogP contribution in [0.25, 0.3) is 6.08 Å². The van der Waals surface area contributed by atoms with Crippen molar-refractivity contribution in [1.29, 1.82) is 0 Å². The van der Waals surface area contributed by atoms with E-state index in [0.29, 0.717) is 6.61 Å². The number of rotatable bonds is 6. The van der Waals surface area contributed by atoms with Crippen molar-refractivity contribution in [1.82, 2.24) is 0 Å². The van der Waals surface area contributed by atoms with Crippen LogP contribution in [0.1, 0.15) is 31.2 Å². The summed E-state index contributed by atoms with van der Waals surface area (Å²) in [4.78, 5) is 0. The van der Waals surface area contributed by atoms with Gasteiger partial charge in [0.05, 0.1) is 0 Å². The molecule has 1 aromatic carbocycles. The molecule has 0 fully saturated rings. The Kier molecular flexibility index (Phi) is 5.76. The predicted molar refractivity (Wildman–Crippen MR) is 61.0 cm³/mol. The molecule has 0 aliphatic carbocycles. The zero-order chi connectivity index (χ0) is 10.1. The first-order valence-electron chi connectivity index (χ1n) is 5.26. The largest absolute Gasteiger partial charge is 0.396 e. The van der Waals surface area contributed by atoms with E-state index in [4.69, 9.17) is 5.11 Å². The maximum Gasteiger partial charge on any atom is 0.0431 e. The lowest BCUT2D eigenvalue weighted by Gasteiger charge is -1.94. The standard InChI is InChI=1S/C13H18O/c14-12-8-3-1-2-5-9-13-10-6-4-7-11-13/h4-7,9-11,14H,1-3,8,12H2/b9-5+. The van der Waals surface area contributed by atoms with Crippen molar-refractivity contribution in [3.8, 4) is 0 Å². The molecule has 0 radical (unpaired) electrons. The van der Waals surface area contributed by atoms with Gasteiger partial charge in [-0.25, -0.2) is 0 Å². The average Bonchev–Trinajstić information content (AvgIpc) is 2.25. The number of aliphatic hydroxyl groups is 1. The molecule has 0 atom stereocenters. The monoisotopic (exact) mass is 190 g/mol. The van der Waals surface area contributed by atoms with E-state index in [1.54, 1.807) is 0 Å². The summed E-state index contributed by atoms with van der Waals surface area (Å²) in [5.74, 6) is 0. The van der Waals surface area contributed by atoms with E-state index in [1.165, 1.54) is 12.0 Å². The molecule has 0 unspecified atom stereocenters. The minimum absolute atomic E-state index is 0.322. The quantitative estimate of drug-likeness (QED) is 0.683. The second-order valence-corrected chi connectivity index (χ2v) is 3.39. The van der Waals surface area contributed by atoms with Crippen LogP contribution in [-0.4, -0.2) is 11.7 Å². The van der Waals surface area contributed by atoms with Crippen molar-refractivity contribution < 1.29 is 5.11 Å². The lowest BCUT2D eigenvalue weighted by molar-refractivity contribution is 0.283. The highest BCUT2D eigenvalue weighted by Crippen LogP contribution is 2.05. The number of hydrogen-bond acceptors (Lipinski definition) is 1. The summed E-state index contributed by atoms with van der Waals surface area (Å²) in [6.45, 7) is 0.322. The molecule has 0 aliphatic rings. The Morgan fingerprint density at radius 2 is 1.79 bits per heavy atom. The van der Waals surface area contributed by atoms with Gasteiger partial charge in [-0.15, -0.1) is 0 Å². The first-order valence-corrected chi connectivity index (χ1v) is 5.26. The Morgan fingerprint density at radius 1 is 1.00 bits per heavy atom. The van der Waals surface area contributed by atoms with Crippen molar-refractivity contribution in [2.24, 2.45) is 0 Å². The Hall–Kier alpha value is -1.08. The molecule has 14 heavy (non-hydrogen) atoms. The summed E-state index contributed by atoms with van der Waals surface area (Å²) < 4.78 is 0. The third-order valence-corrected chi connectivity index (χ3v) is 2.14. The Morgan fingerprint density at radius 3 is 2.50 bits per heavy atom. The van der Waals surface area contributed by atoms with Crippen LogP contribution in [0, 0.1) is 0 Å². The molecule has 1 rings (SSSR count). The topological polar surface area (TPSA) is 20.2 Å². The molecule has 0 aromatic heterocycles. The van der Waals surface area contributed by atoms with Gasteiger partial charge in [0.2, 0.25) is 0 Å². The van der Waals surface area contributed by atoms with Gasteiger partial charge in [-0.05, 0) is 24.8 Å². The van der Waals surface area contributed by atoms with E-state index in [9.17, 15) is 0 Å². The van der Waals surface area contributed by atoms with Crippen LogP contribution in [0.15, 0.2) is 36.4 Å². The molecule has 76 valence electrons. The summed E-state index contributed by atoms with van der Waals surface area (Å²) >= 11 is 0. The molecule has 0 saturated carbocycles. The van der Waals surface area contributed by atoms with Crippen LogP contribution in [-0.2, 0) is 0 Å². The Labute approximate surface area is 86.1 Å². The van der Waals surface area contributed by atoms with Gasteiger partial charge < -0.3 is 5.11 Å². The van der Waals surface area contributed by atoms with Gasteiger partial charge in [-0.1, -0.05) is 48.9 Å². The molecule has 0 bridgehead atoms. The highest BCUT2D eigenvalue weighted by atomic mass is 16.2. The van der Waals surface area contributed by atoms with Crippen LogP contribution >= 0.6 is 0 Å². The fourth-order valence-corrected chi connectivity index (χ4v) is 1.33.